The zero-order valence-electron chi connectivity index (χ0n) is 13.6. The lowest BCUT2D eigenvalue weighted by molar-refractivity contribution is 0.0697. The van der Waals surface area contributed by atoms with Crippen molar-refractivity contribution in [2.45, 2.75) is 20.4 Å². The van der Waals surface area contributed by atoms with Crippen molar-refractivity contribution in [1.82, 2.24) is 10.6 Å². The van der Waals surface area contributed by atoms with E-state index in [1.165, 1.54) is 12.1 Å². The molecular formula is C18H20N2O4. The molecule has 0 saturated heterocycles. The van der Waals surface area contributed by atoms with Gasteiger partial charge in [0.1, 0.15) is 5.75 Å². The lowest BCUT2D eigenvalue weighted by Crippen LogP contribution is -2.37. The molecule has 6 nitrogen and oxygen atoms in total. The van der Waals surface area contributed by atoms with Crippen LogP contribution in [0.25, 0.3) is 0 Å². The Hall–Kier alpha value is -3.02. The molecule has 0 aliphatic rings. The highest BCUT2D eigenvalue weighted by molar-refractivity contribution is 5.87. The van der Waals surface area contributed by atoms with Crippen LogP contribution in [-0.2, 0) is 6.54 Å². The molecule has 0 aromatic heterocycles. The van der Waals surface area contributed by atoms with Gasteiger partial charge in [-0.3, -0.25) is 0 Å². The van der Waals surface area contributed by atoms with Gasteiger partial charge in [-0.25, -0.2) is 9.59 Å². The van der Waals surface area contributed by atoms with Gasteiger partial charge in [0.05, 0.1) is 5.56 Å². The quantitative estimate of drug-likeness (QED) is 0.712. The van der Waals surface area contributed by atoms with Crippen molar-refractivity contribution in [2.24, 2.45) is 0 Å². The zero-order chi connectivity index (χ0) is 17.5. The van der Waals surface area contributed by atoms with Crippen molar-refractivity contribution in [3.05, 3.63) is 64.7 Å². The topological polar surface area (TPSA) is 87.7 Å². The maximum Gasteiger partial charge on any atom is 0.335 e. The number of aryl methyl sites for hydroxylation is 1. The van der Waals surface area contributed by atoms with Crippen LogP contribution in [0.2, 0.25) is 0 Å². The maximum atomic E-state index is 11.7. The van der Waals surface area contributed by atoms with Gasteiger partial charge in [0.25, 0.3) is 0 Å². The van der Waals surface area contributed by atoms with E-state index in [0.717, 1.165) is 22.4 Å². The van der Waals surface area contributed by atoms with E-state index in [1.54, 1.807) is 12.1 Å². The van der Waals surface area contributed by atoms with Gasteiger partial charge < -0.3 is 20.5 Å². The third-order valence-electron chi connectivity index (χ3n) is 3.67. The maximum absolute atomic E-state index is 11.7. The largest absolute Gasteiger partial charge is 0.478 e. The summed E-state index contributed by atoms with van der Waals surface area (Å²) < 4.78 is 5.55. The number of urea groups is 1. The number of carboxylic acids is 1. The molecule has 24 heavy (non-hydrogen) atoms. The Labute approximate surface area is 140 Å². The van der Waals surface area contributed by atoms with Gasteiger partial charge in [0.2, 0.25) is 0 Å². The predicted molar refractivity (Wildman–Crippen MR) is 90.2 cm³/mol. The fraction of sp³-hybridized carbons (Fsp3) is 0.222. The molecule has 3 N–H and O–H groups in total. The van der Waals surface area contributed by atoms with E-state index < -0.39 is 5.97 Å². The third-order valence-corrected chi connectivity index (χ3v) is 3.67. The standard InChI is InChI=1S/C18H20N2O4/c1-12-4-3-5-16(13(12)2)24-11-20-18(23)19-10-14-6-8-15(9-7-14)17(21)22/h3-9H,10-11H2,1-2H3,(H,21,22)(H2,19,20,23). The first-order valence-corrected chi connectivity index (χ1v) is 7.50. The molecule has 2 aromatic rings. The molecule has 0 aliphatic carbocycles. The van der Waals surface area contributed by atoms with Crippen molar-refractivity contribution in [2.75, 3.05) is 6.73 Å². The predicted octanol–water partition coefficient (Wildman–Crippen LogP) is 2.84. The summed E-state index contributed by atoms with van der Waals surface area (Å²) >= 11 is 0. The van der Waals surface area contributed by atoms with Gasteiger partial charge in [-0.05, 0) is 48.7 Å². The van der Waals surface area contributed by atoms with Gasteiger partial charge >= 0.3 is 12.0 Å². The number of carbonyl (C=O) groups is 2. The second-order valence-corrected chi connectivity index (χ2v) is 5.35. The van der Waals surface area contributed by atoms with Crippen LogP contribution in [-0.4, -0.2) is 23.8 Å². The summed E-state index contributed by atoms with van der Waals surface area (Å²) in [4.78, 5) is 22.5. The molecule has 2 amide bonds. The molecule has 126 valence electrons. The molecule has 0 bridgehead atoms. The average molecular weight is 328 g/mol. The number of hydrogen-bond donors (Lipinski definition) is 3. The number of ether oxygens (including phenoxy) is 1. The van der Waals surface area contributed by atoms with Crippen LogP contribution >= 0.6 is 0 Å². The number of benzene rings is 2. The summed E-state index contributed by atoms with van der Waals surface area (Å²) in [5.74, 6) is -0.240. The number of aromatic carboxylic acids is 1. The lowest BCUT2D eigenvalue weighted by atomic mass is 10.1. The highest BCUT2D eigenvalue weighted by atomic mass is 16.5. The minimum atomic E-state index is -0.976. The minimum Gasteiger partial charge on any atom is -0.478 e. The van der Waals surface area contributed by atoms with Gasteiger partial charge in [0, 0.05) is 6.54 Å². The van der Waals surface area contributed by atoms with Crippen LogP contribution in [0.15, 0.2) is 42.5 Å². The summed E-state index contributed by atoms with van der Waals surface area (Å²) in [6, 6.07) is 11.7. The van der Waals surface area contributed by atoms with Gasteiger partial charge in [-0.1, -0.05) is 24.3 Å². The average Bonchev–Trinajstić information content (AvgIpc) is 2.57. The van der Waals surface area contributed by atoms with E-state index in [0.29, 0.717) is 6.54 Å². The van der Waals surface area contributed by atoms with E-state index in [-0.39, 0.29) is 18.3 Å². The van der Waals surface area contributed by atoms with E-state index in [2.05, 4.69) is 10.6 Å². The molecule has 0 fully saturated rings. The van der Waals surface area contributed by atoms with Crippen LogP contribution in [0, 0.1) is 13.8 Å². The molecule has 2 rings (SSSR count). The Balaban J connectivity index is 1.75. The minimum absolute atomic E-state index is 0.0636. The van der Waals surface area contributed by atoms with E-state index in [1.807, 2.05) is 32.0 Å². The first-order valence-electron chi connectivity index (χ1n) is 7.50. The summed E-state index contributed by atoms with van der Waals surface area (Å²) in [6.45, 7) is 4.33. The van der Waals surface area contributed by atoms with Crippen LogP contribution in [0.1, 0.15) is 27.0 Å². The van der Waals surface area contributed by atoms with Crippen molar-refractivity contribution in [3.63, 3.8) is 0 Å². The SMILES string of the molecule is Cc1cccc(OCNC(=O)NCc2ccc(C(=O)O)cc2)c1C. The van der Waals surface area contributed by atoms with Gasteiger partial charge in [-0.15, -0.1) is 0 Å². The van der Waals surface area contributed by atoms with E-state index in [9.17, 15) is 9.59 Å². The third kappa shape index (κ3) is 4.74. The highest BCUT2D eigenvalue weighted by Crippen LogP contribution is 2.19. The Morgan fingerprint density at radius 2 is 1.75 bits per heavy atom. The molecule has 0 aliphatic heterocycles. The number of amides is 2. The van der Waals surface area contributed by atoms with E-state index >= 15 is 0 Å². The van der Waals surface area contributed by atoms with Crippen molar-refractivity contribution >= 4 is 12.0 Å². The van der Waals surface area contributed by atoms with Gasteiger partial charge in [-0.2, -0.15) is 0 Å². The normalized spacial score (nSPS) is 10.1. The molecule has 0 atom stereocenters. The number of hydrogen-bond acceptors (Lipinski definition) is 3. The molecule has 2 aromatic carbocycles. The van der Waals surface area contributed by atoms with Crippen LogP contribution in [0.5, 0.6) is 5.75 Å². The zero-order valence-corrected chi connectivity index (χ0v) is 13.6. The second kappa shape index (κ2) is 8.01. The number of carboxylic acid groups (broad SMARTS) is 1. The van der Waals surface area contributed by atoms with Crippen LogP contribution in [0.3, 0.4) is 0 Å². The fourth-order valence-corrected chi connectivity index (χ4v) is 2.07. The van der Waals surface area contributed by atoms with Crippen molar-refractivity contribution in [1.29, 1.82) is 0 Å². The molecule has 6 heteroatoms. The Morgan fingerprint density at radius 3 is 2.42 bits per heavy atom. The molecule has 0 heterocycles. The first kappa shape index (κ1) is 17.3. The van der Waals surface area contributed by atoms with Crippen molar-refractivity contribution in [3.8, 4) is 5.75 Å². The highest BCUT2D eigenvalue weighted by Gasteiger charge is 2.05. The Morgan fingerprint density at radius 1 is 1.04 bits per heavy atom. The number of carbonyl (C=O) groups excluding carboxylic acids is 1. The van der Waals surface area contributed by atoms with Crippen LogP contribution in [0.4, 0.5) is 4.79 Å². The number of rotatable bonds is 6. The molecule has 0 saturated carbocycles. The summed E-state index contributed by atoms with van der Waals surface area (Å²) in [6.07, 6.45) is 0. The summed E-state index contributed by atoms with van der Waals surface area (Å²) in [5, 5.41) is 14.1. The second-order valence-electron chi connectivity index (χ2n) is 5.35. The monoisotopic (exact) mass is 328 g/mol. The Bertz CT molecular complexity index is 726. The smallest absolute Gasteiger partial charge is 0.335 e. The van der Waals surface area contributed by atoms with Crippen molar-refractivity contribution < 1.29 is 19.4 Å². The fourth-order valence-electron chi connectivity index (χ4n) is 2.07. The summed E-state index contributed by atoms with van der Waals surface area (Å²) in [5.41, 5.74) is 3.19. The molecule has 0 radical (unpaired) electrons. The molecular weight excluding hydrogens is 308 g/mol. The van der Waals surface area contributed by atoms with Crippen LogP contribution < -0.4 is 15.4 Å². The van der Waals surface area contributed by atoms with E-state index in [4.69, 9.17) is 9.84 Å². The Kier molecular flexibility index (Phi) is 5.78. The summed E-state index contributed by atoms with van der Waals surface area (Å²) in [7, 11) is 0. The molecule has 0 unspecified atom stereocenters. The lowest BCUT2D eigenvalue weighted by Gasteiger charge is -2.12. The first-order chi connectivity index (χ1) is 11.5. The van der Waals surface area contributed by atoms with Gasteiger partial charge in [0.15, 0.2) is 6.73 Å². The number of nitrogens with one attached hydrogen (secondary N) is 2. The molecule has 0 spiro atoms.